The number of hydrogen-bond acceptors (Lipinski definition) is 2. The van der Waals surface area contributed by atoms with Crippen molar-refractivity contribution in [2.24, 2.45) is 0 Å². The first-order valence-electron chi connectivity index (χ1n) is 10.7. The van der Waals surface area contributed by atoms with Gasteiger partial charge in [-0.3, -0.25) is 4.98 Å². The highest BCUT2D eigenvalue weighted by Gasteiger charge is 2.17. The summed E-state index contributed by atoms with van der Waals surface area (Å²) in [5.41, 5.74) is 7.68. The average Bonchev–Trinajstić information content (AvgIpc) is 3.24. The third kappa shape index (κ3) is 3.27. The van der Waals surface area contributed by atoms with Crippen LogP contribution in [0.15, 0.2) is 126 Å². The van der Waals surface area contributed by atoms with Crippen molar-refractivity contribution < 1.29 is 4.42 Å². The smallest absolute Gasteiger partial charge is 0.136 e. The fourth-order valence-electron chi connectivity index (χ4n) is 4.36. The molecule has 4 aromatic carbocycles. The Hall–Kier alpha value is -4.17. The van der Waals surface area contributed by atoms with Gasteiger partial charge in [-0.15, -0.1) is 0 Å². The zero-order valence-corrected chi connectivity index (χ0v) is 17.4. The first kappa shape index (κ1) is 18.6. The van der Waals surface area contributed by atoms with Gasteiger partial charge in [-0.2, -0.15) is 0 Å². The van der Waals surface area contributed by atoms with Crippen molar-refractivity contribution in [2.45, 2.75) is 0 Å². The number of furan rings is 1. The van der Waals surface area contributed by atoms with Gasteiger partial charge in [0, 0.05) is 23.2 Å². The van der Waals surface area contributed by atoms with Crippen molar-refractivity contribution in [1.82, 2.24) is 4.98 Å². The summed E-state index contributed by atoms with van der Waals surface area (Å²) >= 11 is 0. The highest BCUT2D eigenvalue weighted by molar-refractivity contribution is 6.05. The van der Waals surface area contributed by atoms with Crippen LogP contribution in [0.3, 0.4) is 0 Å². The van der Waals surface area contributed by atoms with E-state index in [9.17, 15) is 0 Å². The van der Waals surface area contributed by atoms with E-state index in [0.29, 0.717) is 0 Å². The standard InChI is InChI=1S/C30H20NO/c1-2-6-22(7-3-1)30(24-16-18-31-19-17-24)23-12-10-21(11-13-23)25-14-15-27-26-8-4-5-9-28(26)32-29(27)20-25/h1-20H. The quantitative estimate of drug-likeness (QED) is 0.298. The SMILES string of the molecule is c1ccc([C](c2ccncc2)c2ccc(-c3ccc4c(c3)oc3ccccc34)cc2)cc1. The largest absolute Gasteiger partial charge is 0.456 e. The summed E-state index contributed by atoms with van der Waals surface area (Å²) < 4.78 is 6.08. The molecule has 0 saturated heterocycles. The first-order valence-corrected chi connectivity index (χ1v) is 10.7. The van der Waals surface area contributed by atoms with Crippen LogP contribution in [0.2, 0.25) is 0 Å². The van der Waals surface area contributed by atoms with E-state index in [1.807, 2.05) is 36.7 Å². The summed E-state index contributed by atoms with van der Waals surface area (Å²) in [5, 5.41) is 2.31. The Morgan fingerprint density at radius 2 is 1.12 bits per heavy atom. The summed E-state index contributed by atoms with van der Waals surface area (Å²) in [5.74, 6) is 1.20. The molecule has 0 aliphatic rings. The minimum Gasteiger partial charge on any atom is -0.456 e. The molecule has 2 aromatic heterocycles. The van der Waals surface area contributed by atoms with Crippen molar-refractivity contribution >= 4 is 21.9 Å². The maximum absolute atomic E-state index is 6.08. The molecule has 2 nitrogen and oxygen atoms in total. The molecule has 0 atom stereocenters. The third-order valence-electron chi connectivity index (χ3n) is 5.92. The van der Waals surface area contributed by atoms with Gasteiger partial charge in [0.25, 0.3) is 0 Å². The maximum Gasteiger partial charge on any atom is 0.136 e. The Morgan fingerprint density at radius 3 is 1.94 bits per heavy atom. The van der Waals surface area contributed by atoms with Gasteiger partial charge in [0.15, 0.2) is 0 Å². The van der Waals surface area contributed by atoms with Gasteiger partial charge in [-0.1, -0.05) is 78.9 Å². The molecule has 0 fully saturated rings. The molecule has 0 unspecified atom stereocenters. The molecule has 32 heavy (non-hydrogen) atoms. The molecule has 0 bridgehead atoms. The minimum absolute atomic E-state index is 0.918. The monoisotopic (exact) mass is 410 g/mol. The normalized spacial score (nSPS) is 11.4. The number of rotatable bonds is 4. The molecule has 0 amide bonds. The number of para-hydroxylation sites is 1. The zero-order valence-electron chi connectivity index (χ0n) is 17.4. The van der Waals surface area contributed by atoms with E-state index in [1.165, 1.54) is 22.6 Å². The number of pyridine rings is 1. The summed E-state index contributed by atoms with van der Waals surface area (Å²) in [7, 11) is 0. The van der Waals surface area contributed by atoms with Crippen molar-refractivity contribution in [1.29, 1.82) is 0 Å². The molecule has 0 aliphatic carbocycles. The van der Waals surface area contributed by atoms with Crippen LogP contribution in [0, 0.1) is 5.92 Å². The fraction of sp³-hybridized carbons (Fsp3) is 0. The second-order valence-electron chi connectivity index (χ2n) is 7.86. The van der Waals surface area contributed by atoms with Gasteiger partial charge < -0.3 is 4.42 Å². The molecule has 2 heteroatoms. The molecule has 0 spiro atoms. The number of hydrogen-bond donors (Lipinski definition) is 0. The molecule has 0 N–H and O–H groups in total. The Bertz CT molecular complexity index is 1460. The van der Waals surface area contributed by atoms with Crippen LogP contribution in [-0.2, 0) is 0 Å². The van der Waals surface area contributed by atoms with Crippen LogP contribution in [0.4, 0.5) is 0 Å². The van der Waals surface area contributed by atoms with E-state index in [1.54, 1.807) is 0 Å². The second kappa shape index (κ2) is 7.82. The van der Waals surface area contributed by atoms with Crippen molar-refractivity contribution in [2.75, 3.05) is 0 Å². The van der Waals surface area contributed by atoms with Crippen LogP contribution in [0.1, 0.15) is 16.7 Å². The number of benzene rings is 4. The topological polar surface area (TPSA) is 26.0 Å². The van der Waals surface area contributed by atoms with E-state index in [-0.39, 0.29) is 0 Å². The Kier molecular flexibility index (Phi) is 4.54. The lowest BCUT2D eigenvalue weighted by molar-refractivity contribution is 0.669. The number of nitrogens with zero attached hydrogens (tertiary/aromatic N) is 1. The van der Waals surface area contributed by atoms with Crippen molar-refractivity contribution in [3.05, 3.63) is 144 Å². The molecule has 0 aliphatic heterocycles. The van der Waals surface area contributed by atoms with Gasteiger partial charge in [-0.25, -0.2) is 0 Å². The van der Waals surface area contributed by atoms with Crippen LogP contribution in [0.25, 0.3) is 33.1 Å². The van der Waals surface area contributed by atoms with Gasteiger partial charge in [0.05, 0.1) is 5.92 Å². The van der Waals surface area contributed by atoms with Crippen molar-refractivity contribution in [3.63, 3.8) is 0 Å². The number of fused-ring (bicyclic) bond motifs is 3. The average molecular weight is 410 g/mol. The molecule has 151 valence electrons. The summed E-state index contributed by atoms with van der Waals surface area (Å²) in [6.07, 6.45) is 3.68. The van der Waals surface area contributed by atoms with E-state index in [4.69, 9.17) is 4.42 Å². The van der Waals surface area contributed by atoms with Crippen LogP contribution in [0.5, 0.6) is 0 Å². The van der Waals surface area contributed by atoms with Crippen LogP contribution < -0.4 is 0 Å². The van der Waals surface area contributed by atoms with Gasteiger partial charge in [-0.05, 0) is 58.1 Å². The molecule has 0 saturated carbocycles. The van der Waals surface area contributed by atoms with Gasteiger partial charge in [0.1, 0.15) is 11.2 Å². The predicted octanol–water partition coefficient (Wildman–Crippen LogP) is 7.67. The van der Waals surface area contributed by atoms with E-state index >= 15 is 0 Å². The van der Waals surface area contributed by atoms with Crippen LogP contribution >= 0.6 is 0 Å². The molecule has 2 heterocycles. The first-order chi connectivity index (χ1) is 15.9. The minimum atomic E-state index is 0.918. The summed E-state index contributed by atoms with van der Waals surface area (Å²) in [6, 6.07) is 38.0. The Balaban J connectivity index is 1.40. The zero-order chi connectivity index (χ0) is 21.3. The Morgan fingerprint density at radius 1 is 0.500 bits per heavy atom. The molecule has 6 rings (SSSR count). The third-order valence-corrected chi connectivity index (χ3v) is 5.92. The number of aromatic nitrogens is 1. The maximum atomic E-state index is 6.08. The molecule has 1 radical (unpaired) electrons. The van der Waals surface area contributed by atoms with Crippen LogP contribution in [-0.4, -0.2) is 4.98 Å². The molecule has 6 aromatic rings. The lowest BCUT2D eigenvalue weighted by atomic mass is 9.85. The van der Waals surface area contributed by atoms with Gasteiger partial charge >= 0.3 is 0 Å². The second-order valence-corrected chi connectivity index (χ2v) is 7.86. The lowest BCUT2D eigenvalue weighted by Crippen LogP contribution is -2.04. The van der Waals surface area contributed by atoms with E-state index in [2.05, 4.69) is 89.9 Å². The van der Waals surface area contributed by atoms with Crippen molar-refractivity contribution in [3.8, 4) is 11.1 Å². The Labute approximate surface area is 186 Å². The summed E-state index contributed by atoms with van der Waals surface area (Å²) in [6.45, 7) is 0. The fourth-order valence-corrected chi connectivity index (χ4v) is 4.36. The lowest BCUT2D eigenvalue weighted by Gasteiger charge is -2.18. The summed E-state index contributed by atoms with van der Waals surface area (Å²) in [4.78, 5) is 4.19. The van der Waals surface area contributed by atoms with E-state index in [0.717, 1.165) is 33.1 Å². The highest BCUT2D eigenvalue weighted by atomic mass is 16.3. The van der Waals surface area contributed by atoms with Gasteiger partial charge in [0.2, 0.25) is 0 Å². The molecular formula is C30H20NO. The van der Waals surface area contributed by atoms with E-state index < -0.39 is 0 Å². The highest BCUT2D eigenvalue weighted by Crippen LogP contribution is 2.34. The molecular weight excluding hydrogens is 390 g/mol. The predicted molar refractivity (Wildman–Crippen MR) is 130 cm³/mol.